The van der Waals surface area contributed by atoms with Crippen LogP contribution in [0.15, 0.2) is 47.4 Å². The molecule has 0 spiro atoms. The van der Waals surface area contributed by atoms with Crippen LogP contribution in [-0.2, 0) is 26.6 Å². The van der Waals surface area contributed by atoms with E-state index in [1.807, 2.05) is 43.4 Å². The Morgan fingerprint density at radius 1 is 1.10 bits per heavy atom. The molecule has 39 heavy (non-hydrogen) atoms. The number of rotatable bonds is 10. The van der Waals surface area contributed by atoms with E-state index in [-0.39, 0.29) is 12.4 Å². The molecule has 9 nitrogen and oxygen atoms in total. The number of aromatic hydroxyl groups is 1. The summed E-state index contributed by atoms with van der Waals surface area (Å²) in [6.07, 6.45) is 2.13. The lowest BCUT2D eigenvalue weighted by Gasteiger charge is -2.20. The van der Waals surface area contributed by atoms with Gasteiger partial charge in [0.25, 0.3) is 0 Å². The third-order valence-corrected chi connectivity index (χ3v) is 7.18. The lowest BCUT2D eigenvalue weighted by molar-refractivity contribution is -0.163. The van der Waals surface area contributed by atoms with E-state index in [4.69, 9.17) is 5.11 Å². The number of nitrogens with zero attached hydrogens (tertiary/aromatic N) is 2. The monoisotopic (exact) mass is 556 g/mol. The first kappa shape index (κ1) is 30.0. The number of carbonyl (C=O) groups excluding carboxylic acids is 1. The molecular weight excluding hydrogens is 520 g/mol. The third-order valence-electron chi connectivity index (χ3n) is 6.15. The fourth-order valence-corrected chi connectivity index (χ4v) is 5.55. The van der Waals surface area contributed by atoms with E-state index in [0.717, 1.165) is 35.5 Å². The van der Waals surface area contributed by atoms with Crippen molar-refractivity contribution in [1.29, 1.82) is 0 Å². The third kappa shape index (κ3) is 7.77. The van der Waals surface area contributed by atoms with Gasteiger partial charge in [0, 0.05) is 51.9 Å². The van der Waals surface area contributed by atoms with Crippen LogP contribution in [-0.4, -0.2) is 62.9 Å². The van der Waals surface area contributed by atoms with Crippen LogP contribution in [0.3, 0.4) is 0 Å². The Balaban J connectivity index is 0.000000459. The van der Waals surface area contributed by atoms with Crippen molar-refractivity contribution in [2.45, 2.75) is 56.8 Å². The number of aromatic nitrogens is 1. The average molecular weight is 557 g/mol. The largest absolute Gasteiger partial charge is 0.508 e. The maximum Gasteiger partial charge on any atom is 0.417 e. The molecule has 3 N–H and O–H groups in total. The number of aromatic carboxylic acids is 1. The first-order chi connectivity index (χ1) is 18.5. The summed E-state index contributed by atoms with van der Waals surface area (Å²) in [5, 5.41) is 29.5. The second-order valence-electron chi connectivity index (χ2n) is 9.90. The minimum Gasteiger partial charge on any atom is -0.508 e. The maximum atomic E-state index is 12.5. The molecule has 0 bridgehead atoms. The molecule has 0 amide bonds. The van der Waals surface area contributed by atoms with Gasteiger partial charge in [-0.25, -0.2) is 14.4 Å². The number of benzene rings is 2. The molecule has 1 aliphatic carbocycles. The minimum atomic E-state index is -1.55. The number of hydrogen-bond acceptors (Lipinski definition) is 7. The van der Waals surface area contributed by atoms with E-state index in [1.54, 1.807) is 24.8 Å². The normalized spacial score (nSPS) is 12.9. The van der Waals surface area contributed by atoms with Gasteiger partial charge in [-0.05, 0) is 57.0 Å². The molecular formula is C29H36N2O7S. The first-order valence-electron chi connectivity index (χ1n) is 12.9. The number of phenols is 1. The molecule has 210 valence electrons. The maximum absolute atomic E-state index is 12.5. The fraction of sp³-hybridized carbons (Fsp3) is 0.414. The fourth-order valence-electron chi connectivity index (χ4n) is 4.62. The van der Waals surface area contributed by atoms with Gasteiger partial charge in [-0.15, -0.1) is 11.8 Å². The van der Waals surface area contributed by atoms with Gasteiger partial charge in [-0.3, -0.25) is 0 Å². The average Bonchev–Trinajstić information content (AvgIpc) is 3.66. The molecule has 3 aromatic rings. The smallest absolute Gasteiger partial charge is 0.417 e. The van der Waals surface area contributed by atoms with Crippen molar-refractivity contribution in [3.8, 4) is 5.75 Å². The van der Waals surface area contributed by atoms with E-state index in [1.165, 1.54) is 0 Å². The molecule has 4 rings (SSSR count). The summed E-state index contributed by atoms with van der Waals surface area (Å²) in [4.78, 5) is 35.3. The van der Waals surface area contributed by atoms with E-state index in [2.05, 4.69) is 28.1 Å². The number of fused-ring (bicyclic) bond motifs is 1. The Kier molecular flexibility index (Phi) is 10.4. The highest BCUT2D eigenvalue weighted by molar-refractivity contribution is 7.98. The van der Waals surface area contributed by atoms with Crippen molar-refractivity contribution in [3.63, 3.8) is 0 Å². The Bertz CT molecular complexity index is 1320. The highest BCUT2D eigenvalue weighted by Crippen LogP contribution is 2.45. The van der Waals surface area contributed by atoms with Gasteiger partial charge >= 0.3 is 17.9 Å². The lowest BCUT2D eigenvalue weighted by atomic mass is 10.0. The summed E-state index contributed by atoms with van der Waals surface area (Å²) < 4.78 is 6.29. The van der Waals surface area contributed by atoms with Crippen molar-refractivity contribution < 1.29 is 34.4 Å². The molecule has 10 heteroatoms. The van der Waals surface area contributed by atoms with Gasteiger partial charge in [0.15, 0.2) is 0 Å². The second-order valence-corrected chi connectivity index (χ2v) is 11.0. The summed E-state index contributed by atoms with van der Waals surface area (Å²) in [7, 11) is 2.02. The van der Waals surface area contributed by atoms with E-state index in [9.17, 15) is 24.6 Å². The van der Waals surface area contributed by atoms with Gasteiger partial charge in [0.2, 0.25) is 0 Å². The highest BCUT2D eigenvalue weighted by atomic mass is 32.2. The van der Waals surface area contributed by atoms with Gasteiger partial charge < -0.3 is 29.5 Å². The van der Waals surface area contributed by atoms with Gasteiger partial charge in [-0.1, -0.05) is 32.0 Å². The topological polar surface area (TPSA) is 129 Å². The summed E-state index contributed by atoms with van der Waals surface area (Å²) in [5.74, 6) is -2.44. The predicted octanol–water partition coefficient (Wildman–Crippen LogP) is 5.39. The summed E-state index contributed by atoms with van der Waals surface area (Å²) in [5.41, 5.74) is 2.82. The first-order valence-corrected chi connectivity index (χ1v) is 13.9. The van der Waals surface area contributed by atoms with Gasteiger partial charge in [-0.2, -0.15) is 0 Å². The van der Waals surface area contributed by atoms with Crippen LogP contribution in [0.25, 0.3) is 10.9 Å². The van der Waals surface area contributed by atoms with Crippen LogP contribution in [0, 0.1) is 5.92 Å². The van der Waals surface area contributed by atoms with Crippen molar-refractivity contribution in [3.05, 3.63) is 59.3 Å². The van der Waals surface area contributed by atoms with E-state index >= 15 is 0 Å². The molecule has 1 heterocycles. The zero-order valence-corrected chi connectivity index (χ0v) is 23.5. The SMILES string of the molecule is CC(C)CN(C)Cc1c(O)ccc2c1c(C(=O)O)c(CSc1ccccc1)n2C1CC1.CCOC(=O)C(=O)O. The highest BCUT2D eigenvalue weighted by Gasteiger charge is 2.33. The number of esters is 1. The Hall–Kier alpha value is -3.50. The van der Waals surface area contributed by atoms with Crippen LogP contribution in [0.4, 0.5) is 0 Å². The number of ether oxygens (including phenoxy) is 1. The van der Waals surface area contributed by atoms with Crippen LogP contribution in [0.2, 0.25) is 0 Å². The number of carboxylic acid groups (broad SMARTS) is 2. The van der Waals surface area contributed by atoms with Crippen molar-refractivity contribution in [2.75, 3.05) is 20.2 Å². The number of aliphatic carboxylic acids is 1. The standard InChI is InChI=1S/C25H30N2O3S.C4H6O4/c1-16(2)13-26(3)14-19-22(28)12-11-20-23(19)24(25(29)30)21(27(20)17-9-10-17)15-31-18-7-5-4-6-8-18;1-2-8-4(7)3(5)6/h4-8,11-12,16-17,28H,9-10,13-15H2,1-3H3,(H,29,30);2H2,1H3,(H,5,6). The van der Waals surface area contributed by atoms with E-state index < -0.39 is 17.9 Å². The Morgan fingerprint density at radius 2 is 1.77 bits per heavy atom. The van der Waals surface area contributed by atoms with Crippen LogP contribution < -0.4 is 0 Å². The predicted molar refractivity (Wildman–Crippen MR) is 150 cm³/mol. The van der Waals surface area contributed by atoms with E-state index in [0.29, 0.717) is 40.8 Å². The number of thioether (sulfide) groups is 1. The summed E-state index contributed by atoms with van der Waals surface area (Å²) in [6.45, 7) is 7.34. The Labute approximate surface area is 232 Å². The molecule has 2 aromatic carbocycles. The number of hydrogen-bond donors (Lipinski definition) is 3. The number of phenolic OH excluding ortho intramolecular Hbond substituents is 1. The number of carbonyl (C=O) groups is 3. The van der Waals surface area contributed by atoms with Crippen molar-refractivity contribution in [1.82, 2.24) is 9.47 Å². The molecule has 1 fully saturated rings. The molecule has 0 saturated heterocycles. The lowest BCUT2D eigenvalue weighted by Crippen LogP contribution is -2.23. The van der Waals surface area contributed by atoms with Gasteiger partial charge in [0.1, 0.15) is 5.75 Å². The second kappa shape index (κ2) is 13.5. The quantitative estimate of drug-likeness (QED) is 0.171. The molecule has 1 saturated carbocycles. The summed E-state index contributed by atoms with van der Waals surface area (Å²) >= 11 is 1.65. The van der Waals surface area contributed by atoms with Gasteiger partial charge in [0.05, 0.1) is 12.2 Å². The molecule has 1 aliphatic rings. The minimum absolute atomic E-state index is 0.102. The van der Waals surface area contributed by atoms with Crippen molar-refractivity contribution >= 4 is 40.6 Å². The molecule has 0 radical (unpaired) electrons. The zero-order chi connectivity index (χ0) is 28.7. The summed E-state index contributed by atoms with van der Waals surface area (Å²) in [6, 6.07) is 14.0. The Morgan fingerprint density at radius 3 is 2.28 bits per heavy atom. The van der Waals surface area contributed by atoms with Crippen LogP contribution in [0.5, 0.6) is 5.75 Å². The number of carboxylic acids is 2. The van der Waals surface area contributed by atoms with Crippen LogP contribution >= 0.6 is 11.8 Å². The molecule has 1 aromatic heterocycles. The molecule has 0 atom stereocenters. The van der Waals surface area contributed by atoms with Crippen molar-refractivity contribution in [2.24, 2.45) is 5.92 Å². The molecule has 0 aliphatic heterocycles. The van der Waals surface area contributed by atoms with Crippen LogP contribution in [0.1, 0.15) is 61.3 Å². The zero-order valence-electron chi connectivity index (χ0n) is 22.7. The molecule has 0 unspecified atom stereocenters.